The molecule has 1 aromatic carbocycles. The van der Waals surface area contributed by atoms with Crippen LogP contribution in [-0.4, -0.2) is 11.9 Å². The van der Waals surface area contributed by atoms with E-state index in [0.717, 1.165) is 0 Å². The molecule has 1 N–H and O–H groups in total. The van der Waals surface area contributed by atoms with Crippen LogP contribution >= 0.6 is 0 Å². The van der Waals surface area contributed by atoms with Crippen LogP contribution in [0.25, 0.3) is 0 Å². The second-order valence-corrected chi connectivity index (χ2v) is 3.27. The van der Waals surface area contributed by atoms with Crippen LogP contribution < -0.4 is 5.32 Å². The number of hydrogen-bond donors (Lipinski definition) is 1. The van der Waals surface area contributed by atoms with Gasteiger partial charge in [0.1, 0.15) is 5.69 Å². The zero-order valence-electron chi connectivity index (χ0n) is 8.15. The molecule has 14 heavy (non-hydrogen) atoms. The van der Waals surface area contributed by atoms with E-state index in [1.165, 1.54) is 6.07 Å². The Kier molecular flexibility index (Phi) is 3.34. The number of hydrogen-bond acceptors (Lipinski definition) is 3. The summed E-state index contributed by atoms with van der Waals surface area (Å²) in [6.07, 6.45) is 0. The van der Waals surface area contributed by atoms with E-state index in [4.69, 9.17) is 0 Å². The highest BCUT2D eigenvalue weighted by Crippen LogP contribution is 2.13. The van der Waals surface area contributed by atoms with Gasteiger partial charge in [0, 0.05) is 11.6 Å². The summed E-state index contributed by atoms with van der Waals surface area (Å²) in [5, 5.41) is 5.49. The quantitative estimate of drug-likeness (QED) is 0.746. The molecule has 1 rings (SSSR count). The van der Waals surface area contributed by atoms with Crippen molar-refractivity contribution in [3.05, 3.63) is 34.7 Å². The lowest BCUT2D eigenvalue weighted by Gasteiger charge is -2.07. The fraction of sp³-hybridized carbons (Fsp3) is 0.300. The molecule has 0 aromatic heterocycles. The van der Waals surface area contributed by atoms with Crippen LogP contribution in [0, 0.1) is 4.91 Å². The minimum Gasteiger partial charge on any atom is -0.350 e. The Morgan fingerprint density at radius 3 is 2.71 bits per heavy atom. The van der Waals surface area contributed by atoms with E-state index in [0.29, 0.717) is 5.56 Å². The topological polar surface area (TPSA) is 58.5 Å². The van der Waals surface area contributed by atoms with Crippen LogP contribution in [0.1, 0.15) is 24.2 Å². The Labute approximate surface area is 82.3 Å². The van der Waals surface area contributed by atoms with Crippen LogP contribution in [0.3, 0.4) is 0 Å². The van der Waals surface area contributed by atoms with E-state index in [1.807, 2.05) is 13.8 Å². The number of amides is 1. The Hall–Kier alpha value is -1.71. The lowest BCUT2D eigenvalue weighted by molar-refractivity contribution is 0.0943. The van der Waals surface area contributed by atoms with Gasteiger partial charge in [0.2, 0.25) is 0 Å². The molecule has 0 aliphatic carbocycles. The van der Waals surface area contributed by atoms with Gasteiger partial charge in [-0.1, -0.05) is 6.07 Å². The molecule has 4 heteroatoms. The average Bonchev–Trinajstić information content (AvgIpc) is 2.17. The third kappa shape index (κ3) is 2.65. The summed E-state index contributed by atoms with van der Waals surface area (Å²) in [5.74, 6) is -0.189. The highest BCUT2D eigenvalue weighted by molar-refractivity contribution is 5.95. The molecule has 0 atom stereocenters. The minimum absolute atomic E-state index is 0.0790. The van der Waals surface area contributed by atoms with Crippen molar-refractivity contribution in [2.75, 3.05) is 0 Å². The van der Waals surface area contributed by atoms with E-state index in [-0.39, 0.29) is 17.6 Å². The molecule has 0 spiro atoms. The number of carbonyl (C=O) groups is 1. The molecule has 0 heterocycles. The molecule has 0 fully saturated rings. The molecule has 4 nitrogen and oxygen atoms in total. The van der Waals surface area contributed by atoms with Gasteiger partial charge in [-0.25, -0.2) is 0 Å². The van der Waals surface area contributed by atoms with Gasteiger partial charge in [0.25, 0.3) is 5.91 Å². The molecule has 1 amide bonds. The van der Waals surface area contributed by atoms with Gasteiger partial charge in [0.15, 0.2) is 0 Å². The third-order valence-electron chi connectivity index (χ3n) is 1.63. The van der Waals surface area contributed by atoms with Crippen LogP contribution in [0.4, 0.5) is 5.69 Å². The van der Waals surface area contributed by atoms with Crippen LogP contribution in [-0.2, 0) is 0 Å². The second-order valence-electron chi connectivity index (χ2n) is 3.27. The molecule has 0 aliphatic rings. The number of nitrogens with one attached hydrogen (secondary N) is 1. The molecule has 0 radical (unpaired) electrons. The highest BCUT2D eigenvalue weighted by Gasteiger charge is 2.06. The van der Waals surface area contributed by atoms with Gasteiger partial charge in [-0.3, -0.25) is 4.79 Å². The van der Waals surface area contributed by atoms with Crippen molar-refractivity contribution < 1.29 is 4.79 Å². The van der Waals surface area contributed by atoms with Crippen molar-refractivity contribution >= 4 is 11.6 Å². The standard InChI is InChI=1S/C10H12N2O2/c1-7(2)11-10(13)8-4-3-5-9(6-8)12-14/h3-7H,1-2H3,(H,11,13). The number of benzene rings is 1. The maximum atomic E-state index is 11.5. The second kappa shape index (κ2) is 4.50. The fourth-order valence-electron chi connectivity index (χ4n) is 1.05. The van der Waals surface area contributed by atoms with Gasteiger partial charge >= 0.3 is 0 Å². The van der Waals surface area contributed by atoms with E-state index in [2.05, 4.69) is 10.5 Å². The summed E-state index contributed by atoms with van der Waals surface area (Å²) in [6.45, 7) is 3.75. The van der Waals surface area contributed by atoms with Crippen LogP contribution in [0.2, 0.25) is 0 Å². The Morgan fingerprint density at radius 2 is 2.14 bits per heavy atom. The zero-order chi connectivity index (χ0) is 10.6. The monoisotopic (exact) mass is 192 g/mol. The molecule has 74 valence electrons. The van der Waals surface area contributed by atoms with Gasteiger partial charge in [-0.15, -0.1) is 4.91 Å². The fourth-order valence-corrected chi connectivity index (χ4v) is 1.05. The van der Waals surface area contributed by atoms with Gasteiger partial charge < -0.3 is 5.32 Å². The summed E-state index contributed by atoms with van der Waals surface area (Å²) < 4.78 is 0. The molecule has 0 saturated heterocycles. The predicted molar refractivity (Wildman–Crippen MR) is 54.5 cm³/mol. The van der Waals surface area contributed by atoms with E-state index < -0.39 is 0 Å². The highest BCUT2D eigenvalue weighted by atomic mass is 16.3. The maximum Gasteiger partial charge on any atom is 0.251 e. The van der Waals surface area contributed by atoms with Crippen molar-refractivity contribution in [3.8, 4) is 0 Å². The first-order valence-electron chi connectivity index (χ1n) is 4.38. The number of carbonyl (C=O) groups excluding carboxylic acids is 1. The van der Waals surface area contributed by atoms with Crippen molar-refractivity contribution in [3.63, 3.8) is 0 Å². The molecule has 0 bridgehead atoms. The lowest BCUT2D eigenvalue weighted by atomic mass is 10.2. The molecule has 0 saturated carbocycles. The van der Waals surface area contributed by atoms with Crippen LogP contribution in [0.15, 0.2) is 29.4 Å². The van der Waals surface area contributed by atoms with Gasteiger partial charge in [-0.2, -0.15) is 0 Å². The van der Waals surface area contributed by atoms with E-state index in [9.17, 15) is 9.70 Å². The SMILES string of the molecule is CC(C)NC(=O)c1cccc(N=O)c1. The average molecular weight is 192 g/mol. The normalized spacial score (nSPS) is 9.93. The van der Waals surface area contributed by atoms with Gasteiger partial charge in [0.05, 0.1) is 0 Å². The zero-order valence-corrected chi connectivity index (χ0v) is 8.15. The third-order valence-corrected chi connectivity index (χ3v) is 1.63. The van der Waals surface area contributed by atoms with Crippen molar-refractivity contribution in [1.29, 1.82) is 0 Å². The first-order chi connectivity index (χ1) is 6.63. The summed E-state index contributed by atoms with van der Waals surface area (Å²) in [4.78, 5) is 21.7. The van der Waals surface area contributed by atoms with Crippen molar-refractivity contribution in [2.45, 2.75) is 19.9 Å². The maximum absolute atomic E-state index is 11.5. The number of nitrogens with zero attached hydrogens (tertiary/aromatic N) is 1. The molecule has 0 unspecified atom stereocenters. The summed E-state index contributed by atoms with van der Waals surface area (Å²) in [5.41, 5.74) is 0.720. The smallest absolute Gasteiger partial charge is 0.251 e. The van der Waals surface area contributed by atoms with E-state index >= 15 is 0 Å². The summed E-state index contributed by atoms with van der Waals surface area (Å²) in [7, 11) is 0. The minimum atomic E-state index is -0.189. The number of nitroso groups, excluding NO2 is 1. The molecular formula is C10H12N2O2. The first kappa shape index (κ1) is 10.4. The molecule has 0 aliphatic heterocycles. The Morgan fingerprint density at radius 1 is 1.43 bits per heavy atom. The van der Waals surface area contributed by atoms with E-state index in [1.54, 1.807) is 18.2 Å². The number of rotatable bonds is 3. The van der Waals surface area contributed by atoms with Crippen molar-refractivity contribution in [1.82, 2.24) is 5.32 Å². The predicted octanol–water partition coefficient (Wildman–Crippen LogP) is 2.22. The van der Waals surface area contributed by atoms with Crippen LogP contribution in [0.5, 0.6) is 0 Å². The van der Waals surface area contributed by atoms with Gasteiger partial charge in [-0.05, 0) is 37.2 Å². The summed E-state index contributed by atoms with van der Waals surface area (Å²) in [6, 6.07) is 6.37. The summed E-state index contributed by atoms with van der Waals surface area (Å²) >= 11 is 0. The molecular weight excluding hydrogens is 180 g/mol. The lowest BCUT2D eigenvalue weighted by Crippen LogP contribution is -2.29. The largest absolute Gasteiger partial charge is 0.350 e. The Balaban J connectivity index is 2.84. The Bertz CT molecular complexity index is 348. The first-order valence-corrected chi connectivity index (χ1v) is 4.38. The molecule has 1 aromatic rings. The van der Waals surface area contributed by atoms with Crippen molar-refractivity contribution in [2.24, 2.45) is 5.18 Å².